The molecule has 1 aliphatic rings. The number of aromatic amines is 1. The molecule has 1 amide bonds. The molecule has 0 radical (unpaired) electrons. The summed E-state index contributed by atoms with van der Waals surface area (Å²) >= 11 is 0. The zero-order valence-electron chi connectivity index (χ0n) is 15.0. The Morgan fingerprint density at radius 1 is 1.26 bits per heavy atom. The van der Waals surface area contributed by atoms with E-state index in [1.54, 1.807) is 12.1 Å². The van der Waals surface area contributed by atoms with Gasteiger partial charge in [-0.25, -0.2) is 9.37 Å². The maximum Gasteiger partial charge on any atom is 0.226 e. The van der Waals surface area contributed by atoms with Crippen LogP contribution in [0.4, 0.5) is 4.39 Å². The van der Waals surface area contributed by atoms with Crippen LogP contribution in [0.15, 0.2) is 48.5 Å². The van der Waals surface area contributed by atoms with E-state index in [-0.39, 0.29) is 30.7 Å². The highest BCUT2D eigenvalue weighted by Gasteiger charge is 2.26. The van der Waals surface area contributed by atoms with Crippen molar-refractivity contribution in [1.29, 1.82) is 0 Å². The van der Waals surface area contributed by atoms with Gasteiger partial charge in [-0.3, -0.25) is 4.79 Å². The Labute approximate surface area is 157 Å². The molecule has 2 aromatic carbocycles. The second kappa shape index (κ2) is 7.78. The van der Waals surface area contributed by atoms with E-state index in [2.05, 4.69) is 9.97 Å². The number of carbonyl (C=O) groups excluding carboxylic acids is 1. The lowest BCUT2D eigenvalue weighted by Crippen LogP contribution is -2.39. The van der Waals surface area contributed by atoms with Gasteiger partial charge >= 0.3 is 0 Å². The normalized spacial score (nSPS) is 17.2. The summed E-state index contributed by atoms with van der Waals surface area (Å²) in [6.45, 7) is 1.67. The number of hydrogen-bond donors (Lipinski definition) is 1. The van der Waals surface area contributed by atoms with Crippen molar-refractivity contribution >= 4 is 16.9 Å². The van der Waals surface area contributed by atoms with E-state index < -0.39 is 0 Å². The van der Waals surface area contributed by atoms with Crippen molar-refractivity contribution < 1.29 is 13.9 Å². The van der Waals surface area contributed by atoms with Gasteiger partial charge in [-0.15, -0.1) is 0 Å². The monoisotopic (exact) mass is 367 g/mol. The number of halogens is 1. The van der Waals surface area contributed by atoms with E-state index in [1.165, 1.54) is 12.1 Å². The van der Waals surface area contributed by atoms with E-state index >= 15 is 0 Å². The Balaban J connectivity index is 1.34. The average Bonchev–Trinajstić information content (AvgIpc) is 3.12. The van der Waals surface area contributed by atoms with Crippen LogP contribution in [0.5, 0.6) is 5.75 Å². The van der Waals surface area contributed by atoms with Gasteiger partial charge in [0.25, 0.3) is 0 Å². The molecule has 0 spiro atoms. The smallest absolute Gasteiger partial charge is 0.226 e. The number of carbonyl (C=O) groups is 1. The predicted molar refractivity (Wildman–Crippen MR) is 101 cm³/mol. The molecule has 1 fully saturated rings. The lowest BCUT2D eigenvalue weighted by Gasteiger charge is -2.32. The van der Waals surface area contributed by atoms with Crippen molar-refractivity contribution in [3.63, 3.8) is 0 Å². The minimum absolute atomic E-state index is 0.0622. The number of amides is 1. The quantitative estimate of drug-likeness (QED) is 0.745. The first-order chi connectivity index (χ1) is 13.2. The van der Waals surface area contributed by atoms with Crippen LogP contribution in [0, 0.1) is 5.82 Å². The summed E-state index contributed by atoms with van der Waals surface area (Å²) in [5.41, 5.74) is 1.99. The molecule has 4 rings (SSSR count). The number of benzene rings is 2. The van der Waals surface area contributed by atoms with Gasteiger partial charge in [-0.1, -0.05) is 18.2 Å². The highest BCUT2D eigenvalue weighted by atomic mass is 19.1. The van der Waals surface area contributed by atoms with Crippen LogP contribution in [0.2, 0.25) is 0 Å². The minimum Gasteiger partial charge on any atom is -0.493 e. The Kier molecular flexibility index (Phi) is 5.05. The first-order valence-electron chi connectivity index (χ1n) is 9.30. The summed E-state index contributed by atoms with van der Waals surface area (Å²) in [4.78, 5) is 22.5. The summed E-state index contributed by atoms with van der Waals surface area (Å²) in [6, 6.07) is 13.9. The number of ether oxygens (including phenoxy) is 1. The second-order valence-electron chi connectivity index (χ2n) is 6.87. The summed E-state index contributed by atoms with van der Waals surface area (Å²) in [6.07, 6.45) is 2.25. The van der Waals surface area contributed by atoms with Gasteiger partial charge in [-0.05, 0) is 37.1 Å². The average molecular weight is 367 g/mol. The standard InChI is InChI=1S/C21H22FN3O2/c22-16-6-3-7-17(13-16)27-12-10-20(26)25-11-4-5-15(14-25)21-23-18-8-1-2-9-19(18)24-21/h1-3,6-9,13,15H,4-5,10-12,14H2,(H,23,24)/t15-/m0/s1. The largest absolute Gasteiger partial charge is 0.493 e. The molecule has 140 valence electrons. The van der Waals surface area contributed by atoms with E-state index in [0.717, 1.165) is 36.2 Å². The molecule has 1 N–H and O–H groups in total. The maximum absolute atomic E-state index is 13.2. The Morgan fingerprint density at radius 2 is 2.15 bits per heavy atom. The highest BCUT2D eigenvalue weighted by Crippen LogP contribution is 2.27. The van der Waals surface area contributed by atoms with E-state index in [1.807, 2.05) is 29.2 Å². The van der Waals surface area contributed by atoms with Crippen LogP contribution < -0.4 is 4.74 Å². The number of aromatic nitrogens is 2. The Bertz CT molecular complexity index is 907. The first kappa shape index (κ1) is 17.5. The molecule has 1 aliphatic heterocycles. The van der Waals surface area contributed by atoms with Gasteiger partial charge in [0.1, 0.15) is 17.4 Å². The van der Waals surface area contributed by atoms with Crippen LogP contribution in [0.25, 0.3) is 11.0 Å². The Hall–Kier alpha value is -2.89. The molecule has 0 aliphatic carbocycles. The third-order valence-electron chi connectivity index (χ3n) is 4.95. The molecule has 2 heterocycles. The molecular weight excluding hydrogens is 345 g/mol. The molecule has 1 aromatic heterocycles. The molecule has 1 atom stereocenters. The molecule has 0 saturated carbocycles. The van der Waals surface area contributed by atoms with E-state index in [4.69, 9.17) is 4.74 Å². The molecule has 6 heteroatoms. The number of nitrogens with one attached hydrogen (secondary N) is 1. The SMILES string of the molecule is O=C(CCOc1cccc(F)c1)N1CCC[C@H](c2nc3ccccc3[nH]2)C1. The van der Waals surface area contributed by atoms with Crippen LogP contribution in [-0.4, -0.2) is 40.5 Å². The van der Waals surface area contributed by atoms with Crippen LogP contribution in [-0.2, 0) is 4.79 Å². The van der Waals surface area contributed by atoms with Crippen molar-refractivity contribution in [1.82, 2.24) is 14.9 Å². The summed E-state index contributed by atoms with van der Waals surface area (Å²) in [5, 5.41) is 0. The van der Waals surface area contributed by atoms with Gasteiger partial charge in [-0.2, -0.15) is 0 Å². The number of imidazole rings is 1. The number of hydrogen-bond acceptors (Lipinski definition) is 3. The van der Waals surface area contributed by atoms with Crippen LogP contribution >= 0.6 is 0 Å². The minimum atomic E-state index is -0.344. The first-order valence-corrected chi connectivity index (χ1v) is 9.30. The zero-order chi connectivity index (χ0) is 18.6. The lowest BCUT2D eigenvalue weighted by molar-refractivity contribution is -0.132. The number of para-hydroxylation sites is 2. The number of piperidine rings is 1. The summed E-state index contributed by atoms with van der Waals surface area (Å²) in [5.74, 6) is 1.33. The number of nitrogens with zero attached hydrogens (tertiary/aromatic N) is 2. The van der Waals surface area contributed by atoms with Gasteiger partial charge in [0, 0.05) is 25.1 Å². The molecular formula is C21H22FN3O2. The molecule has 0 bridgehead atoms. The lowest BCUT2D eigenvalue weighted by atomic mass is 9.97. The topological polar surface area (TPSA) is 58.2 Å². The van der Waals surface area contributed by atoms with Crippen LogP contribution in [0.1, 0.15) is 31.0 Å². The van der Waals surface area contributed by atoms with Gasteiger partial charge in [0.15, 0.2) is 0 Å². The summed E-state index contributed by atoms with van der Waals surface area (Å²) < 4.78 is 18.7. The number of rotatable bonds is 5. The fourth-order valence-electron chi connectivity index (χ4n) is 3.56. The Morgan fingerprint density at radius 3 is 3.00 bits per heavy atom. The zero-order valence-corrected chi connectivity index (χ0v) is 15.0. The highest BCUT2D eigenvalue weighted by molar-refractivity contribution is 5.77. The molecule has 27 heavy (non-hydrogen) atoms. The molecule has 5 nitrogen and oxygen atoms in total. The van der Waals surface area contributed by atoms with Crippen molar-refractivity contribution in [2.45, 2.75) is 25.2 Å². The van der Waals surface area contributed by atoms with E-state index in [0.29, 0.717) is 12.3 Å². The molecule has 0 unspecified atom stereocenters. The van der Waals surface area contributed by atoms with Gasteiger partial charge < -0.3 is 14.6 Å². The van der Waals surface area contributed by atoms with Crippen molar-refractivity contribution in [2.24, 2.45) is 0 Å². The third kappa shape index (κ3) is 4.10. The molecule has 1 saturated heterocycles. The fraction of sp³-hybridized carbons (Fsp3) is 0.333. The second-order valence-corrected chi connectivity index (χ2v) is 6.87. The van der Waals surface area contributed by atoms with Crippen molar-refractivity contribution in [3.05, 3.63) is 60.2 Å². The maximum atomic E-state index is 13.2. The van der Waals surface area contributed by atoms with Gasteiger partial charge in [0.05, 0.1) is 24.1 Å². The van der Waals surface area contributed by atoms with Crippen molar-refractivity contribution in [2.75, 3.05) is 19.7 Å². The summed E-state index contributed by atoms with van der Waals surface area (Å²) in [7, 11) is 0. The van der Waals surface area contributed by atoms with Gasteiger partial charge in [0.2, 0.25) is 5.91 Å². The predicted octanol–water partition coefficient (Wildman–Crippen LogP) is 3.88. The third-order valence-corrected chi connectivity index (χ3v) is 4.95. The fourth-order valence-corrected chi connectivity index (χ4v) is 3.56. The van der Waals surface area contributed by atoms with E-state index in [9.17, 15) is 9.18 Å². The number of likely N-dealkylation sites (tertiary alicyclic amines) is 1. The van der Waals surface area contributed by atoms with Crippen molar-refractivity contribution in [3.8, 4) is 5.75 Å². The van der Waals surface area contributed by atoms with Crippen LogP contribution in [0.3, 0.4) is 0 Å². The number of H-pyrrole nitrogens is 1. The molecule has 3 aromatic rings. The number of fused-ring (bicyclic) bond motifs is 1.